The second-order valence-corrected chi connectivity index (χ2v) is 3.42. The summed E-state index contributed by atoms with van der Waals surface area (Å²) in [7, 11) is 0. The van der Waals surface area contributed by atoms with Gasteiger partial charge in [-0.2, -0.15) is 10.2 Å². The summed E-state index contributed by atoms with van der Waals surface area (Å²) in [6.07, 6.45) is 0. The van der Waals surface area contributed by atoms with E-state index in [-0.39, 0.29) is 28.6 Å². The lowest BCUT2D eigenvalue weighted by Gasteiger charge is -2.01. The molecule has 0 saturated heterocycles. The Balaban J connectivity index is 2.61. The highest BCUT2D eigenvalue weighted by Crippen LogP contribution is 2.27. The second-order valence-electron chi connectivity index (χ2n) is 3.42. The van der Waals surface area contributed by atoms with Crippen molar-refractivity contribution in [2.24, 2.45) is 0 Å². The molecule has 1 heterocycles. The predicted octanol–water partition coefficient (Wildman–Crippen LogP) is 2.38. The normalized spacial score (nSPS) is 10.2. The average molecular weight is 235 g/mol. The summed E-state index contributed by atoms with van der Waals surface area (Å²) in [6.45, 7) is 1.48. The van der Waals surface area contributed by atoms with Crippen LogP contribution in [0.25, 0.3) is 11.5 Å². The summed E-state index contributed by atoms with van der Waals surface area (Å²) < 4.78 is 31.5. The number of nitrogens with two attached hydrogens (primary N) is 1. The third kappa shape index (κ3) is 1.83. The molecule has 0 bridgehead atoms. The van der Waals surface area contributed by atoms with Crippen molar-refractivity contribution in [3.63, 3.8) is 0 Å². The highest BCUT2D eigenvalue weighted by atomic mass is 19.1. The smallest absolute Gasteiger partial charge is 0.233 e. The van der Waals surface area contributed by atoms with Crippen LogP contribution in [0, 0.1) is 29.9 Å². The van der Waals surface area contributed by atoms with Crippen molar-refractivity contribution in [2.75, 3.05) is 5.73 Å². The van der Waals surface area contributed by atoms with E-state index >= 15 is 0 Å². The molecule has 0 saturated carbocycles. The number of aryl methyl sites for hydroxylation is 1. The quantitative estimate of drug-likeness (QED) is 0.823. The topological polar surface area (TPSA) is 75.8 Å². The summed E-state index contributed by atoms with van der Waals surface area (Å²) in [6, 6.07) is 3.68. The number of anilines is 1. The maximum atomic E-state index is 13.5. The summed E-state index contributed by atoms with van der Waals surface area (Å²) in [5, 5.41) is 8.64. The van der Waals surface area contributed by atoms with Crippen molar-refractivity contribution < 1.29 is 13.2 Å². The Bertz CT molecular complexity index is 628. The van der Waals surface area contributed by atoms with Gasteiger partial charge < -0.3 is 10.2 Å². The Kier molecular flexibility index (Phi) is 2.52. The van der Waals surface area contributed by atoms with E-state index in [1.807, 2.05) is 0 Å². The van der Waals surface area contributed by atoms with Gasteiger partial charge in [-0.1, -0.05) is 0 Å². The van der Waals surface area contributed by atoms with E-state index in [1.165, 1.54) is 13.0 Å². The molecule has 0 amide bonds. The molecule has 1 aromatic carbocycles. The molecule has 6 heteroatoms. The Hall–Kier alpha value is -2.42. The van der Waals surface area contributed by atoms with Crippen molar-refractivity contribution in [2.45, 2.75) is 6.92 Å². The lowest BCUT2D eigenvalue weighted by molar-refractivity contribution is 0.561. The number of benzene rings is 1. The fourth-order valence-electron chi connectivity index (χ4n) is 1.35. The lowest BCUT2D eigenvalue weighted by Crippen LogP contribution is -1.90. The molecule has 2 aromatic rings. The third-order valence-electron chi connectivity index (χ3n) is 2.24. The van der Waals surface area contributed by atoms with Crippen LogP contribution in [0.1, 0.15) is 11.3 Å². The minimum Gasteiger partial charge on any atom is -0.419 e. The van der Waals surface area contributed by atoms with Gasteiger partial charge in [0.2, 0.25) is 17.5 Å². The highest BCUT2D eigenvalue weighted by Gasteiger charge is 2.17. The summed E-state index contributed by atoms with van der Waals surface area (Å²) in [4.78, 5) is 3.71. The van der Waals surface area contributed by atoms with Gasteiger partial charge in [-0.05, 0) is 18.6 Å². The lowest BCUT2D eigenvalue weighted by atomic mass is 10.1. The number of nitrogen functional groups attached to an aromatic ring is 1. The fourth-order valence-corrected chi connectivity index (χ4v) is 1.35. The van der Waals surface area contributed by atoms with Gasteiger partial charge in [0.1, 0.15) is 17.7 Å². The van der Waals surface area contributed by atoms with E-state index in [1.54, 1.807) is 6.07 Å². The molecule has 0 fully saturated rings. The molecule has 86 valence electrons. The van der Waals surface area contributed by atoms with Crippen molar-refractivity contribution in [3.8, 4) is 17.5 Å². The largest absolute Gasteiger partial charge is 0.419 e. The number of oxazole rings is 1. The minimum atomic E-state index is -0.821. The zero-order valence-corrected chi connectivity index (χ0v) is 8.79. The van der Waals surface area contributed by atoms with Crippen LogP contribution < -0.4 is 5.73 Å². The van der Waals surface area contributed by atoms with Gasteiger partial charge in [0, 0.05) is 6.07 Å². The maximum Gasteiger partial charge on any atom is 0.233 e. The number of hydrogen-bond donors (Lipinski definition) is 1. The number of aromatic nitrogens is 1. The molecular formula is C11H7F2N3O. The zero-order chi connectivity index (χ0) is 12.6. The van der Waals surface area contributed by atoms with Crippen molar-refractivity contribution in [1.29, 1.82) is 5.26 Å². The fraction of sp³-hybridized carbons (Fsp3) is 0.0909. The van der Waals surface area contributed by atoms with Crippen LogP contribution in [0.2, 0.25) is 0 Å². The van der Waals surface area contributed by atoms with E-state index in [4.69, 9.17) is 15.4 Å². The maximum absolute atomic E-state index is 13.5. The Morgan fingerprint density at radius 2 is 2.06 bits per heavy atom. The van der Waals surface area contributed by atoms with Crippen molar-refractivity contribution in [1.82, 2.24) is 4.98 Å². The summed E-state index contributed by atoms with van der Waals surface area (Å²) in [5.41, 5.74) is 5.45. The average Bonchev–Trinajstić information content (AvgIpc) is 2.65. The molecule has 1 aromatic heterocycles. The SMILES string of the molecule is Cc1cc(-c2nc(C#N)c(N)o2)c(F)cc1F. The van der Waals surface area contributed by atoms with Gasteiger partial charge in [0.25, 0.3) is 0 Å². The predicted molar refractivity (Wildman–Crippen MR) is 55.7 cm³/mol. The molecule has 0 aliphatic heterocycles. The molecule has 17 heavy (non-hydrogen) atoms. The van der Waals surface area contributed by atoms with Crippen LogP contribution in [0.4, 0.5) is 14.7 Å². The van der Waals surface area contributed by atoms with Crippen LogP contribution in [0.5, 0.6) is 0 Å². The van der Waals surface area contributed by atoms with Gasteiger partial charge in [-0.3, -0.25) is 0 Å². The summed E-state index contributed by atoms with van der Waals surface area (Å²) >= 11 is 0. The second kappa shape index (κ2) is 3.87. The first-order chi connectivity index (χ1) is 8.02. The van der Waals surface area contributed by atoms with E-state index < -0.39 is 11.6 Å². The molecular weight excluding hydrogens is 228 g/mol. The molecule has 0 spiro atoms. The van der Waals surface area contributed by atoms with Gasteiger partial charge in [-0.25, -0.2) is 8.78 Å². The van der Waals surface area contributed by atoms with Gasteiger partial charge in [-0.15, -0.1) is 0 Å². The molecule has 0 radical (unpaired) electrons. The molecule has 0 aliphatic rings. The van der Waals surface area contributed by atoms with Crippen LogP contribution in [0.15, 0.2) is 16.5 Å². The first-order valence-electron chi connectivity index (χ1n) is 4.65. The van der Waals surface area contributed by atoms with E-state index in [0.29, 0.717) is 0 Å². The Morgan fingerprint density at radius 3 is 2.65 bits per heavy atom. The number of nitriles is 1. The minimum absolute atomic E-state index is 0.0305. The van der Waals surface area contributed by atoms with Crippen LogP contribution in [-0.4, -0.2) is 4.98 Å². The number of halogens is 2. The standard InChI is InChI=1S/C11H7F2N3O/c1-5-2-6(8(13)3-7(5)12)11-16-9(4-14)10(15)17-11/h2-3H,15H2,1H3. The van der Waals surface area contributed by atoms with Gasteiger partial charge in [0.15, 0.2) is 0 Å². The Labute approximate surface area is 95.3 Å². The molecule has 4 nitrogen and oxygen atoms in total. The Morgan fingerprint density at radius 1 is 1.35 bits per heavy atom. The van der Waals surface area contributed by atoms with Crippen molar-refractivity contribution in [3.05, 3.63) is 35.0 Å². The van der Waals surface area contributed by atoms with E-state index in [0.717, 1.165) is 6.07 Å². The summed E-state index contributed by atoms with van der Waals surface area (Å²) in [5.74, 6) is -1.81. The third-order valence-corrected chi connectivity index (χ3v) is 2.24. The van der Waals surface area contributed by atoms with Crippen LogP contribution in [0.3, 0.4) is 0 Å². The van der Waals surface area contributed by atoms with Gasteiger partial charge in [0.05, 0.1) is 5.56 Å². The van der Waals surface area contributed by atoms with E-state index in [9.17, 15) is 8.78 Å². The molecule has 2 rings (SSSR count). The van der Waals surface area contributed by atoms with Crippen LogP contribution in [-0.2, 0) is 0 Å². The van der Waals surface area contributed by atoms with E-state index in [2.05, 4.69) is 4.98 Å². The molecule has 0 atom stereocenters. The van der Waals surface area contributed by atoms with Crippen molar-refractivity contribution >= 4 is 5.88 Å². The first-order valence-corrected chi connectivity index (χ1v) is 4.65. The van der Waals surface area contributed by atoms with Crippen LogP contribution >= 0.6 is 0 Å². The number of hydrogen-bond acceptors (Lipinski definition) is 4. The molecule has 0 aliphatic carbocycles. The number of nitrogens with zero attached hydrogens (tertiary/aromatic N) is 2. The first kappa shape index (κ1) is 11.1. The molecule has 2 N–H and O–H groups in total. The van der Waals surface area contributed by atoms with Gasteiger partial charge >= 0.3 is 0 Å². The zero-order valence-electron chi connectivity index (χ0n) is 8.79. The monoisotopic (exact) mass is 235 g/mol. The highest BCUT2D eigenvalue weighted by molar-refractivity contribution is 5.59. The molecule has 0 unspecified atom stereocenters. The number of rotatable bonds is 1.